The number of nitrogens with zero attached hydrogens (tertiary/aromatic N) is 1. The van der Waals surface area contributed by atoms with Gasteiger partial charge in [-0.1, -0.05) is 35.3 Å². The van der Waals surface area contributed by atoms with Crippen LogP contribution in [0.2, 0.25) is 10.3 Å². The van der Waals surface area contributed by atoms with Gasteiger partial charge in [-0.2, -0.15) is 0 Å². The number of pyridine rings is 1. The van der Waals surface area contributed by atoms with Gasteiger partial charge in [0, 0.05) is 0 Å². The Labute approximate surface area is 124 Å². The number of aromatic nitrogens is 1. The van der Waals surface area contributed by atoms with E-state index in [-0.39, 0.29) is 18.3 Å². The Bertz CT molecular complexity index is 481. The fourth-order valence-corrected chi connectivity index (χ4v) is 2.21. The topological polar surface area (TPSA) is 31.4 Å². The van der Waals surface area contributed by atoms with E-state index in [9.17, 15) is 0 Å². The van der Waals surface area contributed by atoms with Gasteiger partial charge >= 0.3 is 7.12 Å². The Morgan fingerprint density at radius 2 is 1.53 bits per heavy atom. The van der Waals surface area contributed by atoms with E-state index in [4.69, 9.17) is 32.5 Å². The first kappa shape index (κ1) is 14.9. The number of hydrogen-bond acceptors (Lipinski definition) is 3. The minimum absolute atomic E-state index is 0.338. The summed E-state index contributed by atoms with van der Waals surface area (Å²) in [7, 11) is -0.379. The Balaban J connectivity index is 2.12. The molecule has 0 bridgehead atoms. The van der Waals surface area contributed by atoms with Gasteiger partial charge < -0.3 is 9.31 Å². The average Bonchev–Trinajstić information content (AvgIpc) is 2.43. The minimum Gasteiger partial charge on any atom is -0.400 e. The van der Waals surface area contributed by atoms with Crippen LogP contribution >= 0.6 is 23.2 Å². The second-order valence-electron chi connectivity index (χ2n) is 5.53. The third kappa shape index (κ3) is 3.32. The van der Waals surface area contributed by atoms with E-state index in [0.29, 0.717) is 10.3 Å². The molecule has 2 rings (SSSR count). The molecule has 1 aromatic rings. The minimum atomic E-state index is -0.379. The monoisotopic (exact) mass is 299 g/mol. The molecule has 1 aromatic heterocycles. The average molecular weight is 300 g/mol. The van der Waals surface area contributed by atoms with Gasteiger partial charge in [0.25, 0.3) is 0 Å². The highest BCUT2D eigenvalue weighted by atomic mass is 35.5. The second-order valence-corrected chi connectivity index (χ2v) is 6.30. The first-order valence-electron chi connectivity index (χ1n) is 6.06. The predicted octanol–water partition coefficient (Wildman–Crippen LogP) is 4.03. The van der Waals surface area contributed by atoms with Gasteiger partial charge in [-0.05, 0) is 45.4 Å². The van der Waals surface area contributed by atoms with Crippen molar-refractivity contribution in [2.45, 2.75) is 38.9 Å². The van der Waals surface area contributed by atoms with Crippen LogP contribution in [0, 0.1) is 0 Å². The Hall–Kier alpha value is -0.545. The van der Waals surface area contributed by atoms with Crippen molar-refractivity contribution in [3.63, 3.8) is 0 Å². The van der Waals surface area contributed by atoms with Gasteiger partial charge in [-0.3, -0.25) is 0 Å². The maximum absolute atomic E-state index is 5.86. The molecule has 0 unspecified atom stereocenters. The summed E-state index contributed by atoms with van der Waals surface area (Å²) >= 11 is 11.7. The van der Waals surface area contributed by atoms with Crippen molar-refractivity contribution in [2.24, 2.45) is 0 Å². The molecule has 0 N–H and O–H groups in total. The van der Waals surface area contributed by atoms with Crippen LogP contribution in [0.1, 0.15) is 33.3 Å². The van der Waals surface area contributed by atoms with Crippen molar-refractivity contribution in [1.29, 1.82) is 0 Å². The summed E-state index contributed by atoms with van der Waals surface area (Å²) < 4.78 is 11.7. The summed E-state index contributed by atoms with van der Waals surface area (Å²) in [5, 5.41) is 0.724. The lowest BCUT2D eigenvalue weighted by Gasteiger charge is -2.32. The quantitative estimate of drug-likeness (QED) is 0.610. The first-order valence-corrected chi connectivity index (χ1v) is 6.82. The molecular formula is C13H16BCl2NO2. The van der Waals surface area contributed by atoms with Crippen molar-refractivity contribution in [3.8, 4) is 0 Å². The SMILES string of the molecule is CC1(C)OB(/C=C/c2cc(Cl)nc(Cl)c2)OC1(C)C. The predicted molar refractivity (Wildman–Crippen MR) is 79.4 cm³/mol. The summed E-state index contributed by atoms with van der Waals surface area (Å²) in [6, 6.07) is 3.46. The molecular weight excluding hydrogens is 284 g/mol. The largest absolute Gasteiger partial charge is 0.487 e. The van der Waals surface area contributed by atoms with Gasteiger partial charge in [0.15, 0.2) is 0 Å². The van der Waals surface area contributed by atoms with Crippen molar-refractivity contribution >= 4 is 36.4 Å². The molecule has 1 aliphatic heterocycles. The van der Waals surface area contributed by atoms with Crippen LogP contribution in [-0.4, -0.2) is 23.3 Å². The smallest absolute Gasteiger partial charge is 0.400 e. The third-order valence-corrected chi connectivity index (χ3v) is 3.89. The van der Waals surface area contributed by atoms with Gasteiger partial charge in [0.2, 0.25) is 0 Å². The van der Waals surface area contributed by atoms with Gasteiger partial charge in [0.1, 0.15) is 10.3 Å². The molecule has 1 aliphatic rings. The number of hydrogen-bond donors (Lipinski definition) is 0. The van der Waals surface area contributed by atoms with Crippen LogP contribution < -0.4 is 0 Å². The molecule has 0 amide bonds. The molecule has 1 fully saturated rings. The van der Waals surface area contributed by atoms with E-state index in [2.05, 4.69) is 4.98 Å². The normalized spacial score (nSPS) is 21.3. The third-order valence-electron chi connectivity index (χ3n) is 3.50. The molecule has 1 saturated heterocycles. The lowest BCUT2D eigenvalue weighted by atomic mass is 9.89. The Morgan fingerprint density at radius 3 is 2.00 bits per heavy atom. The van der Waals surface area contributed by atoms with Crippen LogP contribution in [0.15, 0.2) is 18.1 Å². The van der Waals surface area contributed by atoms with Gasteiger partial charge in [-0.15, -0.1) is 0 Å². The Kier molecular flexibility index (Phi) is 3.98. The molecule has 3 nitrogen and oxygen atoms in total. The Morgan fingerprint density at radius 1 is 1.05 bits per heavy atom. The van der Waals surface area contributed by atoms with Gasteiger partial charge in [-0.25, -0.2) is 4.98 Å². The summed E-state index contributed by atoms with van der Waals surface area (Å²) in [4.78, 5) is 3.89. The van der Waals surface area contributed by atoms with E-state index in [1.165, 1.54) is 0 Å². The maximum Gasteiger partial charge on any atom is 0.487 e. The van der Waals surface area contributed by atoms with Crippen LogP contribution in [0.5, 0.6) is 0 Å². The second kappa shape index (κ2) is 5.10. The van der Waals surface area contributed by atoms with E-state index < -0.39 is 0 Å². The summed E-state index contributed by atoms with van der Waals surface area (Å²) in [6.07, 6.45) is 1.86. The molecule has 6 heteroatoms. The molecule has 0 radical (unpaired) electrons. The fraction of sp³-hybridized carbons (Fsp3) is 0.462. The zero-order valence-electron chi connectivity index (χ0n) is 11.4. The molecule has 102 valence electrons. The van der Waals surface area contributed by atoms with E-state index in [0.717, 1.165) is 5.56 Å². The van der Waals surface area contributed by atoms with Crippen molar-refractivity contribution < 1.29 is 9.31 Å². The molecule has 0 atom stereocenters. The summed E-state index contributed by atoms with van der Waals surface area (Å²) in [5.74, 6) is 1.85. The highest BCUT2D eigenvalue weighted by Gasteiger charge is 2.49. The zero-order valence-corrected chi connectivity index (χ0v) is 12.9. The van der Waals surface area contributed by atoms with Crippen LogP contribution in [-0.2, 0) is 9.31 Å². The molecule has 0 saturated carbocycles. The van der Waals surface area contributed by atoms with Gasteiger partial charge in [0.05, 0.1) is 11.2 Å². The lowest BCUT2D eigenvalue weighted by molar-refractivity contribution is 0.00578. The van der Waals surface area contributed by atoms with Crippen molar-refractivity contribution in [1.82, 2.24) is 4.98 Å². The van der Waals surface area contributed by atoms with E-state index >= 15 is 0 Å². The van der Waals surface area contributed by atoms with E-state index in [1.807, 2.05) is 39.7 Å². The zero-order chi connectivity index (χ0) is 14.3. The fourth-order valence-electron chi connectivity index (χ4n) is 1.74. The highest BCUT2D eigenvalue weighted by Crippen LogP contribution is 2.37. The molecule has 2 heterocycles. The van der Waals surface area contributed by atoms with Crippen LogP contribution in [0.3, 0.4) is 0 Å². The highest BCUT2D eigenvalue weighted by molar-refractivity contribution is 6.52. The number of rotatable bonds is 2. The maximum atomic E-state index is 5.86. The summed E-state index contributed by atoms with van der Waals surface area (Å²) in [6.45, 7) is 8.06. The number of halogens is 2. The molecule has 0 aromatic carbocycles. The molecule has 19 heavy (non-hydrogen) atoms. The molecule has 0 aliphatic carbocycles. The van der Waals surface area contributed by atoms with Crippen LogP contribution in [0.25, 0.3) is 6.08 Å². The lowest BCUT2D eigenvalue weighted by Crippen LogP contribution is -2.41. The van der Waals surface area contributed by atoms with Crippen molar-refractivity contribution in [2.75, 3.05) is 0 Å². The molecule has 0 spiro atoms. The van der Waals surface area contributed by atoms with Crippen LogP contribution in [0.4, 0.5) is 0 Å². The first-order chi connectivity index (χ1) is 8.69. The summed E-state index contributed by atoms with van der Waals surface area (Å²) in [5.41, 5.74) is 0.185. The standard InChI is InChI=1S/C13H16BCl2NO2/c1-12(2)13(3,4)19-14(18-12)6-5-9-7-10(15)17-11(16)8-9/h5-8H,1-4H3/b6-5+. The van der Waals surface area contributed by atoms with E-state index in [1.54, 1.807) is 12.1 Å². The van der Waals surface area contributed by atoms with Crippen molar-refractivity contribution in [3.05, 3.63) is 34.0 Å².